The summed E-state index contributed by atoms with van der Waals surface area (Å²) < 4.78 is 5.24. The maximum absolute atomic E-state index is 11.9. The molecule has 1 N–H and O–H groups in total. The van der Waals surface area contributed by atoms with Crippen LogP contribution in [-0.4, -0.2) is 17.0 Å². The Morgan fingerprint density at radius 2 is 1.89 bits per heavy atom. The van der Waals surface area contributed by atoms with E-state index in [9.17, 15) is 9.59 Å². The Bertz CT molecular complexity index is 447. The highest BCUT2D eigenvalue weighted by Crippen LogP contribution is 2.25. The summed E-state index contributed by atoms with van der Waals surface area (Å²) in [6.45, 7) is 0. The number of benzene rings is 1. The highest BCUT2D eigenvalue weighted by molar-refractivity contribution is 5.88. The first-order valence-corrected chi connectivity index (χ1v) is 6.22. The van der Waals surface area contributed by atoms with E-state index in [-0.39, 0.29) is 17.5 Å². The quantitative estimate of drug-likeness (QED) is 0.660. The molecule has 4 heteroatoms. The van der Waals surface area contributed by atoms with Gasteiger partial charge in [-0.1, -0.05) is 25.3 Å². The van der Waals surface area contributed by atoms with Crippen LogP contribution in [0.25, 0.3) is 0 Å². The number of hydrogen-bond acceptors (Lipinski definition) is 3. The van der Waals surface area contributed by atoms with Gasteiger partial charge < -0.3 is 9.84 Å². The SMILES string of the molecule is O=C(O)c1cccc(OC(=O)C2CCCCC2)c1. The molecule has 4 nitrogen and oxygen atoms in total. The van der Waals surface area contributed by atoms with Gasteiger partial charge in [0, 0.05) is 0 Å². The van der Waals surface area contributed by atoms with Crippen molar-refractivity contribution in [2.75, 3.05) is 0 Å². The smallest absolute Gasteiger partial charge is 0.335 e. The van der Waals surface area contributed by atoms with Gasteiger partial charge in [-0.05, 0) is 31.0 Å². The van der Waals surface area contributed by atoms with Crippen LogP contribution in [0.5, 0.6) is 5.75 Å². The van der Waals surface area contributed by atoms with Gasteiger partial charge in [0.2, 0.25) is 0 Å². The molecule has 96 valence electrons. The minimum atomic E-state index is -1.02. The van der Waals surface area contributed by atoms with Crippen molar-refractivity contribution in [3.63, 3.8) is 0 Å². The average Bonchev–Trinajstić information content (AvgIpc) is 2.40. The highest BCUT2D eigenvalue weighted by Gasteiger charge is 2.23. The molecule has 18 heavy (non-hydrogen) atoms. The Morgan fingerprint density at radius 3 is 2.56 bits per heavy atom. The first-order chi connectivity index (χ1) is 8.66. The van der Waals surface area contributed by atoms with Gasteiger partial charge in [0.1, 0.15) is 5.75 Å². The maximum Gasteiger partial charge on any atom is 0.335 e. The van der Waals surface area contributed by atoms with Gasteiger partial charge >= 0.3 is 11.9 Å². The lowest BCUT2D eigenvalue weighted by Gasteiger charge is -2.19. The van der Waals surface area contributed by atoms with Crippen LogP contribution in [0.15, 0.2) is 24.3 Å². The van der Waals surface area contributed by atoms with Gasteiger partial charge in [0.05, 0.1) is 11.5 Å². The molecular formula is C14H16O4. The minimum Gasteiger partial charge on any atom is -0.478 e. The second-order valence-electron chi connectivity index (χ2n) is 4.59. The van der Waals surface area contributed by atoms with Crippen molar-refractivity contribution in [1.29, 1.82) is 0 Å². The van der Waals surface area contributed by atoms with E-state index < -0.39 is 5.97 Å². The number of hydrogen-bond donors (Lipinski definition) is 1. The molecule has 0 amide bonds. The molecule has 1 aromatic carbocycles. The molecule has 0 bridgehead atoms. The highest BCUT2D eigenvalue weighted by atomic mass is 16.5. The molecule has 1 aliphatic carbocycles. The van der Waals surface area contributed by atoms with Crippen LogP contribution in [0.4, 0.5) is 0 Å². The van der Waals surface area contributed by atoms with Crippen LogP contribution in [0.1, 0.15) is 42.5 Å². The summed E-state index contributed by atoms with van der Waals surface area (Å²) in [5.74, 6) is -0.986. The Balaban J connectivity index is 2.02. The van der Waals surface area contributed by atoms with E-state index in [1.165, 1.54) is 18.6 Å². The first-order valence-electron chi connectivity index (χ1n) is 6.22. The Kier molecular flexibility index (Phi) is 3.97. The van der Waals surface area contributed by atoms with Crippen LogP contribution in [0.3, 0.4) is 0 Å². The van der Waals surface area contributed by atoms with Crippen molar-refractivity contribution in [2.45, 2.75) is 32.1 Å². The average molecular weight is 248 g/mol. The molecule has 0 atom stereocenters. The Morgan fingerprint density at radius 1 is 1.17 bits per heavy atom. The van der Waals surface area contributed by atoms with E-state index in [0.29, 0.717) is 5.75 Å². The third-order valence-corrected chi connectivity index (χ3v) is 3.24. The zero-order valence-corrected chi connectivity index (χ0v) is 10.1. The third-order valence-electron chi connectivity index (χ3n) is 3.24. The van der Waals surface area contributed by atoms with E-state index in [0.717, 1.165) is 25.7 Å². The molecule has 1 fully saturated rings. The number of carbonyl (C=O) groups excluding carboxylic acids is 1. The Labute approximate surface area is 106 Å². The Hall–Kier alpha value is -1.84. The lowest BCUT2D eigenvalue weighted by molar-refractivity contribution is -0.140. The van der Waals surface area contributed by atoms with Gasteiger partial charge in [-0.25, -0.2) is 4.79 Å². The summed E-state index contributed by atoms with van der Waals surface area (Å²) in [5, 5.41) is 8.85. The zero-order valence-electron chi connectivity index (χ0n) is 10.1. The van der Waals surface area contributed by atoms with E-state index in [2.05, 4.69) is 0 Å². The number of ether oxygens (including phenoxy) is 1. The number of rotatable bonds is 3. The van der Waals surface area contributed by atoms with Crippen molar-refractivity contribution < 1.29 is 19.4 Å². The molecule has 0 radical (unpaired) electrons. The van der Waals surface area contributed by atoms with Crippen molar-refractivity contribution in [2.24, 2.45) is 5.92 Å². The summed E-state index contributed by atoms with van der Waals surface area (Å²) in [5.41, 5.74) is 0.129. The van der Waals surface area contributed by atoms with Gasteiger partial charge in [0.25, 0.3) is 0 Å². The largest absolute Gasteiger partial charge is 0.478 e. The maximum atomic E-state index is 11.9. The van der Waals surface area contributed by atoms with Crippen LogP contribution in [0.2, 0.25) is 0 Å². The number of carbonyl (C=O) groups is 2. The van der Waals surface area contributed by atoms with Gasteiger partial charge in [-0.15, -0.1) is 0 Å². The number of esters is 1. The predicted molar refractivity (Wildman–Crippen MR) is 65.6 cm³/mol. The molecule has 0 aliphatic heterocycles. The van der Waals surface area contributed by atoms with Crippen LogP contribution in [0, 0.1) is 5.92 Å². The van der Waals surface area contributed by atoms with E-state index in [1.54, 1.807) is 12.1 Å². The first kappa shape index (κ1) is 12.6. The lowest BCUT2D eigenvalue weighted by Crippen LogP contribution is -2.22. The van der Waals surface area contributed by atoms with Crippen LogP contribution >= 0.6 is 0 Å². The summed E-state index contributed by atoms with van der Waals surface area (Å²) in [6.07, 6.45) is 5.05. The van der Waals surface area contributed by atoms with E-state index in [4.69, 9.17) is 9.84 Å². The molecule has 2 rings (SSSR count). The second-order valence-corrected chi connectivity index (χ2v) is 4.59. The minimum absolute atomic E-state index is 0.0350. The third kappa shape index (κ3) is 3.09. The van der Waals surface area contributed by atoms with E-state index in [1.807, 2.05) is 0 Å². The molecule has 0 heterocycles. The van der Waals surface area contributed by atoms with Gasteiger partial charge in [0.15, 0.2) is 0 Å². The molecule has 0 aromatic heterocycles. The molecule has 1 aromatic rings. The number of carboxylic acid groups (broad SMARTS) is 1. The monoisotopic (exact) mass is 248 g/mol. The zero-order chi connectivity index (χ0) is 13.0. The standard InChI is InChI=1S/C14H16O4/c15-13(16)11-7-4-8-12(9-11)18-14(17)10-5-2-1-3-6-10/h4,7-10H,1-3,5-6H2,(H,15,16). The van der Waals surface area contributed by atoms with Crippen molar-refractivity contribution >= 4 is 11.9 Å². The normalized spacial score (nSPS) is 16.2. The number of aromatic carboxylic acids is 1. The molecule has 1 saturated carbocycles. The van der Waals surface area contributed by atoms with Crippen molar-refractivity contribution in [3.8, 4) is 5.75 Å². The van der Waals surface area contributed by atoms with E-state index >= 15 is 0 Å². The second kappa shape index (κ2) is 5.67. The molecule has 1 aliphatic rings. The lowest BCUT2D eigenvalue weighted by atomic mass is 9.89. The fraction of sp³-hybridized carbons (Fsp3) is 0.429. The topological polar surface area (TPSA) is 63.6 Å². The number of carboxylic acids is 1. The van der Waals surface area contributed by atoms with Gasteiger partial charge in [-0.3, -0.25) is 4.79 Å². The summed E-state index contributed by atoms with van der Waals surface area (Å²) in [7, 11) is 0. The molecule has 0 unspecified atom stereocenters. The predicted octanol–water partition coefficient (Wildman–Crippen LogP) is 2.87. The summed E-state index contributed by atoms with van der Waals surface area (Å²) >= 11 is 0. The van der Waals surface area contributed by atoms with Gasteiger partial charge in [-0.2, -0.15) is 0 Å². The molecule has 0 spiro atoms. The molecule has 0 saturated heterocycles. The fourth-order valence-electron chi connectivity index (χ4n) is 2.23. The van der Waals surface area contributed by atoms with Crippen molar-refractivity contribution in [3.05, 3.63) is 29.8 Å². The van der Waals surface area contributed by atoms with Crippen LogP contribution in [-0.2, 0) is 4.79 Å². The summed E-state index contributed by atoms with van der Waals surface area (Å²) in [6, 6.07) is 6.03. The molecular weight excluding hydrogens is 232 g/mol. The summed E-state index contributed by atoms with van der Waals surface area (Å²) in [4.78, 5) is 22.7. The van der Waals surface area contributed by atoms with Crippen molar-refractivity contribution in [1.82, 2.24) is 0 Å². The van der Waals surface area contributed by atoms with Crippen LogP contribution < -0.4 is 4.74 Å². The fourth-order valence-corrected chi connectivity index (χ4v) is 2.23.